The molecule has 0 fully saturated rings. The highest BCUT2D eigenvalue weighted by atomic mass is 35.5. The zero-order chi connectivity index (χ0) is 15.4. The summed E-state index contributed by atoms with van der Waals surface area (Å²) >= 11 is 6.10. The fourth-order valence-electron chi connectivity index (χ4n) is 2.09. The number of carbonyl (C=O) groups excluding carboxylic acids is 1. The first-order valence-corrected chi connectivity index (χ1v) is 6.72. The van der Waals surface area contributed by atoms with Crippen LogP contribution in [0.3, 0.4) is 0 Å². The Labute approximate surface area is 126 Å². The average molecular weight is 305 g/mol. The number of carbonyl (C=O) groups is 1. The van der Waals surface area contributed by atoms with Crippen LogP contribution in [0.2, 0.25) is 5.02 Å². The van der Waals surface area contributed by atoms with E-state index in [-0.39, 0.29) is 10.7 Å². The highest BCUT2D eigenvalue weighted by Gasteiger charge is 2.18. The van der Waals surface area contributed by atoms with Gasteiger partial charge in [0.2, 0.25) is 6.41 Å². The lowest BCUT2D eigenvalue weighted by Crippen LogP contribution is -2.16. The number of hydrogen-bond acceptors (Lipinski definition) is 3. The summed E-state index contributed by atoms with van der Waals surface area (Å²) in [5.41, 5.74) is 1.79. The van der Waals surface area contributed by atoms with Gasteiger partial charge >= 0.3 is 0 Å². The molecule has 2 aromatic rings. The molecule has 0 N–H and O–H groups in total. The highest BCUT2D eigenvalue weighted by molar-refractivity contribution is 6.34. The van der Waals surface area contributed by atoms with Crippen LogP contribution in [-0.4, -0.2) is 11.3 Å². The quantitative estimate of drug-likeness (QED) is 0.474. The molecule has 0 saturated carbocycles. The van der Waals surface area contributed by atoms with E-state index in [4.69, 9.17) is 11.6 Å². The second kappa shape index (κ2) is 6.37. The minimum atomic E-state index is -0.519. The molecule has 5 nitrogen and oxygen atoms in total. The number of benzene rings is 2. The molecule has 2 aromatic carbocycles. The topological polar surface area (TPSA) is 63.5 Å². The molecule has 0 bridgehead atoms. The Bertz CT molecular complexity index is 688. The molecule has 0 atom stereocenters. The van der Waals surface area contributed by atoms with Gasteiger partial charge in [0.05, 0.1) is 21.3 Å². The number of non-ortho nitro benzene ring substituents is 1. The minimum absolute atomic E-state index is 0.116. The maximum Gasteiger partial charge on any atom is 0.271 e. The molecule has 0 aliphatic rings. The van der Waals surface area contributed by atoms with Crippen molar-refractivity contribution >= 4 is 35.1 Å². The molecule has 0 aliphatic carbocycles. The van der Waals surface area contributed by atoms with Crippen LogP contribution in [0.25, 0.3) is 0 Å². The van der Waals surface area contributed by atoms with Crippen LogP contribution in [0, 0.1) is 10.1 Å². The van der Waals surface area contributed by atoms with Crippen molar-refractivity contribution < 1.29 is 9.72 Å². The summed E-state index contributed by atoms with van der Waals surface area (Å²) in [6, 6.07) is 11.4. The number of rotatable bonds is 5. The van der Waals surface area contributed by atoms with E-state index in [0.717, 1.165) is 12.0 Å². The van der Waals surface area contributed by atoms with Gasteiger partial charge in [0.25, 0.3) is 5.69 Å². The maximum atomic E-state index is 11.5. The predicted molar refractivity (Wildman–Crippen MR) is 82.1 cm³/mol. The Morgan fingerprint density at radius 1 is 1.24 bits per heavy atom. The largest absolute Gasteiger partial charge is 0.282 e. The summed E-state index contributed by atoms with van der Waals surface area (Å²) in [6.07, 6.45) is 1.34. The monoisotopic (exact) mass is 304 g/mol. The summed E-state index contributed by atoms with van der Waals surface area (Å²) in [7, 11) is 0. The molecule has 0 aliphatic heterocycles. The van der Waals surface area contributed by atoms with Crippen molar-refractivity contribution in [3.05, 3.63) is 63.2 Å². The molecular formula is C15H13ClN2O3. The molecule has 0 unspecified atom stereocenters. The Balaban J connectivity index is 2.58. The summed E-state index contributed by atoms with van der Waals surface area (Å²) in [4.78, 5) is 23.2. The second-order valence-corrected chi connectivity index (χ2v) is 4.76. The summed E-state index contributed by atoms with van der Waals surface area (Å²) in [5, 5.41) is 11.2. The number of nitrogens with zero attached hydrogens (tertiary/aromatic N) is 2. The SMILES string of the molecule is CCc1ccccc1N(C=O)c1cc([N+](=O)[O-])ccc1Cl. The Morgan fingerprint density at radius 3 is 2.57 bits per heavy atom. The number of aryl methyl sites for hydroxylation is 1. The highest BCUT2D eigenvalue weighted by Crippen LogP contribution is 2.35. The smallest absolute Gasteiger partial charge is 0.271 e. The van der Waals surface area contributed by atoms with Crippen molar-refractivity contribution in [2.24, 2.45) is 0 Å². The molecule has 0 radical (unpaired) electrons. The van der Waals surface area contributed by atoms with Crippen LogP contribution in [0.4, 0.5) is 17.1 Å². The minimum Gasteiger partial charge on any atom is -0.282 e. The van der Waals surface area contributed by atoms with E-state index >= 15 is 0 Å². The molecular weight excluding hydrogens is 292 g/mol. The molecule has 6 heteroatoms. The van der Waals surface area contributed by atoms with Crippen LogP contribution < -0.4 is 4.90 Å². The fourth-order valence-corrected chi connectivity index (χ4v) is 2.30. The number of nitro groups is 1. The standard InChI is InChI=1S/C15H13ClN2O3/c1-2-11-5-3-4-6-14(11)17(10-19)15-9-12(18(20)21)7-8-13(15)16/h3-10H,2H2,1H3. The van der Waals surface area contributed by atoms with Crippen molar-refractivity contribution in [3.8, 4) is 0 Å². The number of halogens is 1. The van der Waals surface area contributed by atoms with Crippen molar-refractivity contribution in [2.75, 3.05) is 4.90 Å². The summed E-state index contributed by atoms with van der Waals surface area (Å²) in [5.74, 6) is 0. The Kier molecular flexibility index (Phi) is 4.55. The normalized spacial score (nSPS) is 10.2. The molecule has 0 heterocycles. The molecule has 0 spiro atoms. The molecule has 1 amide bonds. The van der Waals surface area contributed by atoms with Crippen LogP contribution in [-0.2, 0) is 11.2 Å². The predicted octanol–water partition coefficient (Wildman–Crippen LogP) is 4.11. The van der Waals surface area contributed by atoms with Crippen LogP contribution in [0.5, 0.6) is 0 Å². The van der Waals surface area contributed by atoms with Gasteiger partial charge in [0.1, 0.15) is 0 Å². The van der Waals surface area contributed by atoms with Crippen LogP contribution in [0.15, 0.2) is 42.5 Å². The van der Waals surface area contributed by atoms with E-state index in [0.29, 0.717) is 17.8 Å². The summed E-state index contributed by atoms with van der Waals surface area (Å²) < 4.78 is 0. The van der Waals surface area contributed by atoms with E-state index in [1.165, 1.54) is 23.1 Å². The third-order valence-corrected chi connectivity index (χ3v) is 3.46. The van der Waals surface area contributed by atoms with Gasteiger partial charge < -0.3 is 0 Å². The van der Waals surface area contributed by atoms with Gasteiger partial charge in [0.15, 0.2) is 0 Å². The van der Waals surface area contributed by atoms with Crippen LogP contribution in [0.1, 0.15) is 12.5 Å². The third-order valence-electron chi connectivity index (χ3n) is 3.14. The van der Waals surface area contributed by atoms with E-state index in [1.807, 2.05) is 19.1 Å². The van der Waals surface area contributed by atoms with Gasteiger partial charge in [-0.05, 0) is 24.1 Å². The van der Waals surface area contributed by atoms with Crippen molar-refractivity contribution in [1.82, 2.24) is 0 Å². The first-order chi connectivity index (χ1) is 10.1. The molecule has 2 rings (SSSR count). The lowest BCUT2D eigenvalue weighted by molar-refractivity contribution is -0.384. The Morgan fingerprint density at radius 2 is 1.95 bits per heavy atom. The Hall–Kier alpha value is -2.40. The molecule has 0 saturated heterocycles. The lowest BCUT2D eigenvalue weighted by Gasteiger charge is -2.21. The zero-order valence-corrected chi connectivity index (χ0v) is 12.1. The maximum absolute atomic E-state index is 11.5. The van der Waals surface area contributed by atoms with Crippen molar-refractivity contribution in [1.29, 1.82) is 0 Å². The van der Waals surface area contributed by atoms with E-state index in [2.05, 4.69) is 0 Å². The average Bonchev–Trinajstić information content (AvgIpc) is 2.50. The van der Waals surface area contributed by atoms with Gasteiger partial charge in [-0.3, -0.25) is 19.8 Å². The number of amides is 1. The van der Waals surface area contributed by atoms with Crippen LogP contribution >= 0.6 is 11.6 Å². The van der Waals surface area contributed by atoms with Crippen molar-refractivity contribution in [3.63, 3.8) is 0 Å². The molecule has 108 valence electrons. The summed E-state index contributed by atoms with van der Waals surface area (Å²) in [6.45, 7) is 1.97. The number of para-hydroxylation sites is 1. The van der Waals surface area contributed by atoms with Gasteiger partial charge in [-0.25, -0.2) is 0 Å². The molecule has 0 aromatic heterocycles. The van der Waals surface area contributed by atoms with Gasteiger partial charge in [-0.1, -0.05) is 36.7 Å². The second-order valence-electron chi connectivity index (χ2n) is 4.35. The van der Waals surface area contributed by atoms with Crippen molar-refractivity contribution in [2.45, 2.75) is 13.3 Å². The number of nitro benzene ring substituents is 1. The van der Waals surface area contributed by atoms with E-state index < -0.39 is 4.92 Å². The number of hydrogen-bond donors (Lipinski definition) is 0. The van der Waals surface area contributed by atoms with E-state index in [9.17, 15) is 14.9 Å². The first-order valence-electron chi connectivity index (χ1n) is 6.34. The first kappa shape index (κ1) is 15.0. The van der Waals surface area contributed by atoms with Gasteiger partial charge in [0, 0.05) is 12.1 Å². The third kappa shape index (κ3) is 3.03. The van der Waals surface area contributed by atoms with Gasteiger partial charge in [-0.2, -0.15) is 0 Å². The lowest BCUT2D eigenvalue weighted by atomic mass is 10.1. The molecule has 21 heavy (non-hydrogen) atoms. The fraction of sp³-hybridized carbons (Fsp3) is 0.133. The van der Waals surface area contributed by atoms with E-state index in [1.54, 1.807) is 12.1 Å². The number of anilines is 2. The van der Waals surface area contributed by atoms with Gasteiger partial charge in [-0.15, -0.1) is 0 Å². The zero-order valence-electron chi connectivity index (χ0n) is 11.3.